The van der Waals surface area contributed by atoms with Gasteiger partial charge in [0, 0.05) is 44.7 Å². The predicted molar refractivity (Wildman–Crippen MR) is 119 cm³/mol. The van der Waals surface area contributed by atoms with Crippen molar-refractivity contribution in [3.05, 3.63) is 12.4 Å². The van der Waals surface area contributed by atoms with Crippen molar-refractivity contribution in [3.8, 4) is 0 Å². The van der Waals surface area contributed by atoms with Crippen LogP contribution >= 0.6 is 0 Å². The Labute approximate surface area is 184 Å². The standard InChI is InChI=1S/C23H35N5O3/c1-2-31-23(30)18-6-4-12-28(15-18)22(29)10-7-17-5-3-11-27(14-17)21-13-20(24-16-25-21)26-19-8-9-19/h13,16-19H,2-12,14-15H2,1H3,(H,24,25,26)/t17-,18-/m0/s1. The van der Waals surface area contributed by atoms with Gasteiger partial charge in [-0.25, -0.2) is 9.97 Å². The van der Waals surface area contributed by atoms with Crippen molar-refractivity contribution in [2.24, 2.45) is 11.8 Å². The molecular formula is C23H35N5O3. The molecule has 2 saturated heterocycles. The van der Waals surface area contributed by atoms with Gasteiger partial charge in [-0.3, -0.25) is 9.59 Å². The van der Waals surface area contributed by atoms with Gasteiger partial charge in [-0.05, 0) is 57.8 Å². The lowest BCUT2D eigenvalue weighted by Gasteiger charge is -2.35. The van der Waals surface area contributed by atoms with Gasteiger partial charge in [0.05, 0.1) is 12.5 Å². The van der Waals surface area contributed by atoms with Gasteiger partial charge in [0.1, 0.15) is 18.0 Å². The molecule has 3 aliphatic rings. The highest BCUT2D eigenvalue weighted by atomic mass is 16.5. The van der Waals surface area contributed by atoms with Crippen LogP contribution < -0.4 is 10.2 Å². The number of esters is 1. The Bertz CT molecular complexity index is 769. The Morgan fingerprint density at radius 1 is 1.13 bits per heavy atom. The van der Waals surface area contributed by atoms with Crippen LogP contribution in [0.15, 0.2) is 12.4 Å². The van der Waals surface area contributed by atoms with Crippen molar-refractivity contribution in [1.82, 2.24) is 14.9 Å². The summed E-state index contributed by atoms with van der Waals surface area (Å²) in [5.41, 5.74) is 0. The van der Waals surface area contributed by atoms with Gasteiger partial charge in [0.25, 0.3) is 0 Å². The topological polar surface area (TPSA) is 87.7 Å². The Morgan fingerprint density at radius 2 is 1.97 bits per heavy atom. The molecule has 2 atom stereocenters. The molecule has 0 aromatic carbocycles. The third-order valence-corrected chi connectivity index (χ3v) is 6.59. The number of nitrogens with one attached hydrogen (secondary N) is 1. The summed E-state index contributed by atoms with van der Waals surface area (Å²) in [5, 5.41) is 3.44. The van der Waals surface area contributed by atoms with Gasteiger partial charge < -0.3 is 19.9 Å². The van der Waals surface area contributed by atoms with Gasteiger partial charge in [0.15, 0.2) is 0 Å². The first kappa shape index (κ1) is 21.8. The zero-order valence-electron chi connectivity index (χ0n) is 18.6. The molecule has 8 heteroatoms. The molecule has 1 amide bonds. The van der Waals surface area contributed by atoms with E-state index in [0.717, 1.165) is 63.4 Å². The van der Waals surface area contributed by atoms with Crippen molar-refractivity contribution in [1.29, 1.82) is 0 Å². The predicted octanol–water partition coefficient (Wildman–Crippen LogP) is 2.85. The summed E-state index contributed by atoms with van der Waals surface area (Å²) >= 11 is 0. The van der Waals surface area contributed by atoms with E-state index in [1.54, 1.807) is 6.33 Å². The maximum Gasteiger partial charge on any atom is 0.310 e. The van der Waals surface area contributed by atoms with E-state index in [4.69, 9.17) is 4.74 Å². The molecule has 2 aliphatic heterocycles. The second-order valence-electron chi connectivity index (χ2n) is 9.10. The molecule has 1 aromatic rings. The van der Waals surface area contributed by atoms with Crippen LogP contribution in [0.25, 0.3) is 0 Å². The van der Waals surface area contributed by atoms with Crippen LogP contribution in [-0.4, -0.2) is 65.6 Å². The van der Waals surface area contributed by atoms with Gasteiger partial charge in [0.2, 0.25) is 5.91 Å². The third-order valence-electron chi connectivity index (χ3n) is 6.59. The summed E-state index contributed by atoms with van der Waals surface area (Å²) in [7, 11) is 0. The van der Waals surface area contributed by atoms with Crippen molar-refractivity contribution in [2.45, 2.75) is 64.3 Å². The molecule has 4 rings (SSSR count). The van der Waals surface area contributed by atoms with Crippen LogP contribution in [0.2, 0.25) is 0 Å². The van der Waals surface area contributed by atoms with Crippen LogP contribution in [0.1, 0.15) is 58.3 Å². The second kappa shape index (κ2) is 10.3. The molecule has 1 aliphatic carbocycles. The highest BCUT2D eigenvalue weighted by molar-refractivity contribution is 5.78. The van der Waals surface area contributed by atoms with Crippen LogP contribution in [0.3, 0.4) is 0 Å². The zero-order chi connectivity index (χ0) is 21.6. The van der Waals surface area contributed by atoms with Crippen molar-refractivity contribution >= 4 is 23.5 Å². The molecule has 8 nitrogen and oxygen atoms in total. The SMILES string of the molecule is CCOC(=O)[C@H]1CCCN(C(=O)CC[C@@H]2CCCN(c3cc(NC4CC4)ncn3)C2)C1. The number of carbonyl (C=O) groups excluding carboxylic acids is 2. The van der Waals surface area contributed by atoms with E-state index in [0.29, 0.717) is 31.5 Å². The number of amides is 1. The van der Waals surface area contributed by atoms with E-state index in [1.165, 1.54) is 12.8 Å². The van der Waals surface area contributed by atoms with Crippen molar-refractivity contribution in [2.75, 3.05) is 43.0 Å². The van der Waals surface area contributed by atoms with Crippen LogP contribution in [0, 0.1) is 11.8 Å². The highest BCUT2D eigenvalue weighted by Gasteiger charge is 2.30. The molecule has 0 spiro atoms. The molecule has 31 heavy (non-hydrogen) atoms. The second-order valence-corrected chi connectivity index (χ2v) is 9.10. The maximum atomic E-state index is 12.8. The van der Waals surface area contributed by atoms with E-state index in [9.17, 15) is 9.59 Å². The fraction of sp³-hybridized carbons (Fsp3) is 0.739. The maximum absolute atomic E-state index is 12.8. The molecule has 1 aromatic heterocycles. The number of piperidine rings is 2. The summed E-state index contributed by atoms with van der Waals surface area (Å²) in [4.78, 5) is 37.9. The number of hydrogen-bond donors (Lipinski definition) is 1. The molecule has 0 radical (unpaired) electrons. The van der Waals surface area contributed by atoms with E-state index >= 15 is 0 Å². The molecule has 1 N–H and O–H groups in total. The lowest BCUT2D eigenvalue weighted by Crippen LogP contribution is -2.43. The minimum Gasteiger partial charge on any atom is -0.466 e. The van der Waals surface area contributed by atoms with Crippen molar-refractivity contribution < 1.29 is 14.3 Å². The number of rotatable bonds is 8. The van der Waals surface area contributed by atoms with Crippen LogP contribution in [0.4, 0.5) is 11.6 Å². The number of likely N-dealkylation sites (tertiary alicyclic amines) is 1. The largest absolute Gasteiger partial charge is 0.466 e. The molecule has 3 heterocycles. The molecular weight excluding hydrogens is 394 g/mol. The minimum atomic E-state index is -0.168. The number of anilines is 2. The number of carbonyl (C=O) groups is 2. The smallest absolute Gasteiger partial charge is 0.310 e. The number of nitrogens with zero attached hydrogens (tertiary/aromatic N) is 4. The third kappa shape index (κ3) is 6.08. The Morgan fingerprint density at radius 3 is 2.77 bits per heavy atom. The number of ether oxygens (including phenoxy) is 1. The highest BCUT2D eigenvalue weighted by Crippen LogP contribution is 2.28. The molecule has 0 bridgehead atoms. The molecule has 3 fully saturated rings. The van der Waals surface area contributed by atoms with Crippen LogP contribution in [0.5, 0.6) is 0 Å². The van der Waals surface area contributed by atoms with E-state index in [1.807, 2.05) is 11.8 Å². The van der Waals surface area contributed by atoms with Crippen molar-refractivity contribution in [3.63, 3.8) is 0 Å². The summed E-state index contributed by atoms with van der Waals surface area (Å²) < 4.78 is 5.15. The van der Waals surface area contributed by atoms with Gasteiger partial charge in [-0.15, -0.1) is 0 Å². The lowest BCUT2D eigenvalue weighted by molar-refractivity contribution is -0.151. The summed E-state index contributed by atoms with van der Waals surface area (Å²) in [5.74, 6) is 2.21. The quantitative estimate of drug-likeness (QED) is 0.636. The van der Waals surface area contributed by atoms with Gasteiger partial charge in [-0.1, -0.05) is 0 Å². The summed E-state index contributed by atoms with van der Waals surface area (Å²) in [6.07, 6.45) is 9.46. The lowest BCUT2D eigenvalue weighted by atomic mass is 9.92. The number of aromatic nitrogens is 2. The van der Waals surface area contributed by atoms with Gasteiger partial charge in [-0.2, -0.15) is 0 Å². The normalized spacial score (nSPS) is 24.0. The molecule has 1 saturated carbocycles. The number of hydrogen-bond acceptors (Lipinski definition) is 7. The fourth-order valence-corrected chi connectivity index (χ4v) is 4.69. The minimum absolute atomic E-state index is 0.164. The molecule has 0 unspecified atom stereocenters. The Kier molecular flexibility index (Phi) is 7.25. The van der Waals surface area contributed by atoms with Gasteiger partial charge >= 0.3 is 5.97 Å². The zero-order valence-corrected chi connectivity index (χ0v) is 18.6. The Hall–Kier alpha value is -2.38. The Balaban J connectivity index is 1.26. The fourth-order valence-electron chi connectivity index (χ4n) is 4.69. The monoisotopic (exact) mass is 429 g/mol. The average Bonchev–Trinajstić information content (AvgIpc) is 3.62. The average molecular weight is 430 g/mol. The van der Waals surface area contributed by atoms with E-state index in [-0.39, 0.29) is 17.8 Å². The first-order valence-corrected chi connectivity index (χ1v) is 11.9. The van der Waals surface area contributed by atoms with E-state index in [2.05, 4.69) is 26.3 Å². The summed E-state index contributed by atoms with van der Waals surface area (Å²) in [6.45, 7) is 5.40. The van der Waals surface area contributed by atoms with E-state index < -0.39 is 0 Å². The molecule has 170 valence electrons. The first-order chi connectivity index (χ1) is 15.1. The van der Waals surface area contributed by atoms with Crippen LogP contribution in [-0.2, 0) is 14.3 Å². The first-order valence-electron chi connectivity index (χ1n) is 11.9. The summed E-state index contributed by atoms with van der Waals surface area (Å²) in [6, 6.07) is 2.62.